The smallest absolute Gasteiger partial charge is 0.322 e. The third-order valence-corrected chi connectivity index (χ3v) is 6.60. The van der Waals surface area contributed by atoms with E-state index in [-0.39, 0.29) is 5.75 Å². The van der Waals surface area contributed by atoms with Gasteiger partial charge in [0.05, 0.1) is 16.8 Å². The summed E-state index contributed by atoms with van der Waals surface area (Å²) < 4.78 is 2.10. The number of amides is 4. The highest BCUT2D eigenvalue weighted by atomic mass is 32.2. The number of imide groups is 1. The van der Waals surface area contributed by atoms with E-state index in [0.29, 0.717) is 11.6 Å². The fourth-order valence-corrected chi connectivity index (χ4v) is 4.41. The molecule has 0 aliphatic carbocycles. The average Bonchev–Trinajstić information content (AvgIpc) is 3.26. The minimum absolute atomic E-state index is 0.0224. The van der Waals surface area contributed by atoms with Gasteiger partial charge in [-0.1, -0.05) is 61.2 Å². The molecule has 0 unspecified atom stereocenters. The number of hydrazine groups is 1. The molecule has 1 atom stereocenters. The highest BCUT2D eigenvalue weighted by Crippen LogP contribution is 2.25. The molecule has 1 aliphatic heterocycles. The van der Waals surface area contributed by atoms with Crippen molar-refractivity contribution >= 4 is 40.6 Å². The van der Waals surface area contributed by atoms with Crippen molar-refractivity contribution in [3.8, 4) is 0 Å². The molecule has 2 aromatic carbocycles. The zero-order valence-electron chi connectivity index (χ0n) is 18.0. The van der Waals surface area contributed by atoms with Crippen molar-refractivity contribution < 1.29 is 14.4 Å². The number of carbonyl (C=O) groups excluding carboxylic acids is 3. The van der Waals surface area contributed by atoms with Gasteiger partial charge >= 0.3 is 6.03 Å². The van der Waals surface area contributed by atoms with E-state index < -0.39 is 23.4 Å². The van der Waals surface area contributed by atoms with Gasteiger partial charge in [0.15, 0.2) is 5.16 Å². The van der Waals surface area contributed by atoms with E-state index in [9.17, 15) is 14.4 Å². The van der Waals surface area contributed by atoms with E-state index >= 15 is 0 Å². The van der Waals surface area contributed by atoms with Gasteiger partial charge in [-0.05, 0) is 37.5 Å². The summed E-state index contributed by atoms with van der Waals surface area (Å²) in [6.45, 7) is 4.17. The largest absolute Gasteiger partial charge is 0.344 e. The van der Waals surface area contributed by atoms with Crippen molar-refractivity contribution in [1.82, 2.24) is 25.3 Å². The fourth-order valence-electron chi connectivity index (χ4n) is 3.58. The second-order valence-electron chi connectivity index (χ2n) is 7.85. The molecule has 9 heteroatoms. The summed E-state index contributed by atoms with van der Waals surface area (Å²) in [6, 6.07) is 17.4. The number of hydrogen-bond acceptors (Lipinski definition) is 5. The van der Waals surface area contributed by atoms with Gasteiger partial charge in [-0.2, -0.15) is 5.01 Å². The molecule has 0 spiro atoms. The predicted molar refractivity (Wildman–Crippen MR) is 123 cm³/mol. The monoisotopic (exact) mass is 451 g/mol. The van der Waals surface area contributed by atoms with Gasteiger partial charge in [-0.3, -0.25) is 15.0 Å². The molecule has 3 aromatic rings. The normalized spacial score (nSPS) is 18.2. The first kappa shape index (κ1) is 21.9. The Hall–Kier alpha value is -3.33. The van der Waals surface area contributed by atoms with Crippen LogP contribution < -0.4 is 10.7 Å². The first-order chi connectivity index (χ1) is 15.4. The van der Waals surface area contributed by atoms with Crippen LogP contribution in [0.2, 0.25) is 0 Å². The molecule has 1 saturated heterocycles. The predicted octanol–water partition coefficient (Wildman–Crippen LogP) is 3.12. The number of benzene rings is 2. The number of hydrogen-bond donors (Lipinski definition) is 2. The lowest BCUT2D eigenvalue weighted by molar-refractivity contribution is -0.137. The number of thioether (sulfide) groups is 1. The highest BCUT2D eigenvalue weighted by Gasteiger charge is 2.47. The van der Waals surface area contributed by atoms with Crippen LogP contribution in [0.3, 0.4) is 0 Å². The number of nitrogens with zero attached hydrogens (tertiary/aromatic N) is 3. The fraction of sp³-hybridized carbons (Fsp3) is 0.304. The number of nitrogens with one attached hydrogen (secondary N) is 2. The van der Waals surface area contributed by atoms with Crippen molar-refractivity contribution in [2.45, 2.75) is 43.9 Å². The first-order valence-electron chi connectivity index (χ1n) is 10.5. The van der Waals surface area contributed by atoms with E-state index in [1.54, 1.807) is 13.8 Å². The van der Waals surface area contributed by atoms with Crippen LogP contribution in [0.25, 0.3) is 11.0 Å². The number of rotatable bonds is 8. The molecule has 1 aliphatic rings. The summed E-state index contributed by atoms with van der Waals surface area (Å²) in [5, 5.41) is 4.10. The van der Waals surface area contributed by atoms with Gasteiger partial charge < -0.3 is 9.88 Å². The Morgan fingerprint density at radius 1 is 1.12 bits per heavy atom. The Balaban J connectivity index is 1.45. The van der Waals surface area contributed by atoms with Crippen LogP contribution in [0, 0.1) is 0 Å². The summed E-state index contributed by atoms with van der Waals surface area (Å²) in [6.07, 6.45) is 1.27. The van der Waals surface area contributed by atoms with E-state index in [1.807, 2.05) is 42.5 Å². The standard InChI is InChI=1S/C23H25N5O3S/c1-3-23(2)20(30)28(21(31)25-23)26-19(29)15-32-22-24-17-11-7-8-12-18(17)27(22)14-13-16-9-5-4-6-10-16/h4-12H,3,13-15H2,1-2H3,(H,25,31)(H,26,29)/t23-/m1/s1. The first-order valence-corrected chi connectivity index (χ1v) is 11.5. The van der Waals surface area contributed by atoms with E-state index in [2.05, 4.69) is 32.4 Å². The maximum atomic E-state index is 12.5. The number of para-hydroxylation sites is 2. The number of aromatic nitrogens is 2. The minimum Gasteiger partial charge on any atom is -0.322 e. The second-order valence-corrected chi connectivity index (χ2v) is 8.79. The van der Waals surface area contributed by atoms with Crippen LogP contribution in [0.5, 0.6) is 0 Å². The topological polar surface area (TPSA) is 96.3 Å². The Morgan fingerprint density at radius 2 is 1.84 bits per heavy atom. The Bertz CT molecular complexity index is 1160. The third-order valence-electron chi connectivity index (χ3n) is 5.62. The zero-order chi connectivity index (χ0) is 22.7. The summed E-state index contributed by atoms with van der Waals surface area (Å²) in [5.74, 6) is -0.881. The Morgan fingerprint density at radius 3 is 2.56 bits per heavy atom. The van der Waals surface area contributed by atoms with Gasteiger partial charge in [0.2, 0.25) is 5.91 Å². The summed E-state index contributed by atoms with van der Waals surface area (Å²) in [7, 11) is 0. The molecule has 4 rings (SSSR count). The summed E-state index contributed by atoms with van der Waals surface area (Å²) >= 11 is 1.28. The van der Waals surface area contributed by atoms with Crippen molar-refractivity contribution in [2.24, 2.45) is 0 Å². The Labute approximate surface area is 190 Å². The van der Waals surface area contributed by atoms with Gasteiger partial charge in [-0.15, -0.1) is 0 Å². The minimum atomic E-state index is -0.997. The average molecular weight is 452 g/mol. The maximum Gasteiger partial charge on any atom is 0.344 e. The Kier molecular flexibility index (Phi) is 6.18. The molecule has 1 aromatic heterocycles. The molecule has 32 heavy (non-hydrogen) atoms. The van der Waals surface area contributed by atoms with Gasteiger partial charge in [0.1, 0.15) is 5.54 Å². The molecule has 0 bridgehead atoms. The van der Waals surface area contributed by atoms with E-state index in [1.165, 1.54) is 17.3 Å². The lowest BCUT2D eigenvalue weighted by atomic mass is 10.00. The van der Waals surface area contributed by atoms with Crippen LogP contribution in [-0.2, 0) is 22.6 Å². The second kappa shape index (κ2) is 9.04. The lowest BCUT2D eigenvalue weighted by Crippen LogP contribution is -2.49. The van der Waals surface area contributed by atoms with E-state index in [4.69, 9.17) is 0 Å². The molecule has 0 saturated carbocycles. The highest BCUT2D eigenvalue weighted by molar-refractivity contribution is 7.99. The number of aryl methyl sites for hydroxylation is 2. The summed E-state index contributed by atoms with van der Waals surface area (Å²) in [5.41, 5.74) is 4.50. The van der Waals surface area contributed by atoms with Crippen LogP contribution >= 0.6 is 11.8 Å². The molecule has 8 nitrogen and oxygen atoms in total. The molecule has 4 amide bonds. The number of urea groups is 1. The molecule has 0 radical (unpaired) electrons. The molecular formula is C23H25N5O3S. The number of carbonyl (C=O) groups is 3. The van der Waals surface area contributed by atoms with Gasteiger partial charge in [-0.25, -0.2) is 9.78 Å². The van der Waals surface area contributed by atoms with E-state index in [0.717, 1.165) is 29.0 Å². The van der Waals surface area contributed by atoms with Crippen molar-refractivity contribution in [1.29, 1.82) is 0 Å². The molecule has 166 valence electrons. The molecular weight excluding hydrogens is 426 g/mol. The summed E-state index contributed by atoms with van der Waals surface area (Å²) in [4.78, 5) is 41.8. The van der Waals surface area contributed by atoms with Gasteiger partial charge in [0, 0.05) is 6.54 Å². The van der Waals surface area contributed by atoms with Crippen molar-refractivity contribution in [3.63, 3.8) is 0 Å². The quantitative estimate of drug-likeness (QED) is 0.405. The molecule has 2 heterocycles. The molecule has 1 fully saturated rings. The molecule has 2 N–H and O–H groups in total. The van der Waals surface area contributed by atoms with Crippen LogP contribution in [0.4, 0.5) is 4.79 Å². The van der Waals surface area contributed by atoms with Crippen molar-refractivity contribution in [3.05, 3.63) is 60.2 Å². The number of fused-ring (bicyclic) bond motifs is 1. The maximum absolute atomic E-state index is 12.5. The third kappa shape index (κ3) is 4.34. The zero-order valence-corrected chi connectivity index (χ0v) is 18.8. The van der Waals surface area contributed by atoms with Crippen LogP contribution in [0.15, 0.2) is 59.8 Å². The lowest BCUT2D eigenvalue weighted by Gasteiger charge is -2.19. The number of imidazole rings is 1. The van der Waals surface area contributed by atoms with Gasteiger partial charge in [0.25, 0.3) is 5.91 Å². The van der Waals surface area contributed by atoms with Crippen LogP contribution in [0.1, 0.15) is 25.8 Å². The van der Waals surface area contributed by atoms with Crippen LogP contribution in [-0.4, -0.2) is 43.7 Å². The SMILES string of the molecule is CC[C@@]1(C)NC(=O)N(NC(=O)CSc2nc3ccccc3n2CCc2ccccc2)C1=O. The van der Waals surface area contributed by atoms with Crippen molar-refractivity contribution in [2.75, 3.05) is 5.75 Å².